The monoisotopic (exact) mass is 537 g/mol. The minimum Gasteiger partial charge on any atom is -0.486 e. The number of hydrogen-bond acceptors (Lipinski definition) is 10. The molecule has 0 bridgehead atoms. The number of nitrogens with one attached hydrogen (secondary N) is 1. The van der Waals surface area contributed by atoms with Gasteiger partial charge in [-0.3, -0.25) is 9.59 Å². The topological polar surface area (TPSA) is 149 Å². The molecule has 0 saturated heterocycles. The van der Waals surface area contributed by atoms with Crippen molar-refractivity contribution in [2.75, 3.05) is 25.6 Å². The Bertz CT molecular complexity index is 1650. The number of fused-ring (bicyclic) bond motifs is 7. The van der Waals surface area contributed by atoms with Gasteiger partial charge in [-0.25, -0.2) is 9.78 Å². The van der Waals surface area contributed by atoms with Gasteiger partial charge in [0.25, 0.3) is 5.56 Å². The van der Waals surface area contributed by atoms with Crippen LogP contribution in [-0.4, -0.2) is 57.2 Å². The van der Waals surface area contributed by atoms with Gasteiger partial charge in [0.2, 0.25) is 5.91 Å². The average molecular weight is 538 g/mol. The first-order chi connectivity index (χ1) is 18.4. The van der Waals surface area contributed by atoms with Gasteiger partial charge in [0.1, 0.15) is 26.4 Å². The predicted octanol–water partition coefficient (Wildman–Crippen LogP) is 1.11. The number of ether oxygens (including phenoxy) is 3. The lowest BCUT2D eigenvalue weighted by Gasteiger charge is -2.31. The fourth-order valence-electron chi connectivity index (χ4n) is 5.87. The van der Waals surface area contributed by atoms with Crippen molar-refractivity contribution in [3.63, 3.8) is 0 Å². The number of hydrogen-bond donors (Lipinski definition) is 3. The van der Waals surface area contributed by atoms with Crippen molar-refractivity contribution in [3.05, 3.63) is 44.7 Å². The third kappa shape index (κ3) is 3.04. The molecule has 196 valence electrons. The number of aliphatic hydroxyl groups excluding tert-OH is 1. The van der Waals surface area contributed by atoms with Crippen LogP contribution in [0.2, 0.25) is 0 Å². The number of cyclic esters (lactones) is 1. The molecule has 12 heteroatoms. The van der Waals surface area contributed by atoms with Crippen molar-refractivity contribution >= 4 is 34.5 Å². The van der Waals surface area contributed by atoms with Crippen LogP contribution in [-0.2, 0) is 33.1 Å². The lowest BCUT2D eigenvalue weighted by molar-refractivity contribution is -0.172. The van der Waals surface area contributed by atoms with Crippen LogP contribution < -0.4 is 20.3 Å². The summed E-state index contributed by atoms with van der Waals surface area (Å²) in [6, 6.07) is 3.01. The van der Waals surface area contributed by atoms with Crippen molar-refractivity contribution in [1.29, 1.82) is 0 Å². The standard InChI is InChI=1S/C26H23N3O8S/c1-2-26(34)13-5-16-21-11(7-29(16)24(32)12(13)9-37-25(26)33)19-15(27-18(31)8-30)10-38-23-20(19)14(28-21)6-17-22(23)36-4-3-35-17/h5-6,15,30,34H,2-4,7-10H2,1H3,(H,27,31)/t15-,26+/m1/s1. The summed E-state index contributed by atoms with van der Waals surface area (Å²) >= 11 is 1.52. The predicted molar refractivity (Wildman–Crippen MR) is 134 cm³/mol. The molecule has 0 unspecified atom stereocenters. The smallest absolute Gasteiger partial charge is 0.343 e. The molecule has 3 aromatic rings. The number of aliphatic hydroxyl groups is 2. The number of esters is 1. The van der Waals surface area contributed by atoms with Crippen molar-refractivity contribution in [2.45, 2.75) is 43.0 Å². The fourth-order valence-corrected chi connectivity index (χ4v) is 7.10. The third-order valence-corrected chi connectivity index (χ3v) is 8.88. The van der Waals surface area contributed by atoms with Crippen molar-refractivity contribution < 1.29 is 34.0 Å². The molecular formula is C26H23N3O8S. The van der Waals surface area contributed by atoms with Crippen LogP contribution in [0.1, 0.15) is 41.6 Å². The average Bonchev–Trinajstić information content (AvgIpc) is 3.30. The maximum Gasteiger partial charge on any atom is 0.343 e. The minimum absolute atomic E-state index is 0.0459. The normalized spacial score (nSPS) is 22.4. The van der Waals surface area contributed by atoms with Gasteiger partial charge in [-0.15, -0.1) is 11.8 Å². The zero-order valence-corrected chi connectivity index (χ0v) is 21.1. The van der Waals surface area contributed by atoms with E-state index >= 15 is 0 Å². The number of pyridine rings is 2. The van der Waals surface area contributed by atoms with Gasteiger partial charge in [-0.05, 0) is 18.1 Å². The Morgan fingerprint density at radius 2 is 2.05 bits per heavy atom. The number of carbonyl (C=O) groups excluding carboxylic acids is 2. The van der Waals surface area contributed by atoms with E-state index in [4.69, 9.17) is 19.2 Å². The summed E-state index contributed by atoms with van der Waals surface area (Å²) in [5.74, 6) is 0.391. The fraction of sp³-hybridized carbons (Fsp3) is 0.385. The largest absolute Gasteiger partial charge is 0.486 e. The van der Waals surface area contributed by atoms with Gasteiger partial charge in [0.15, 0.2) is 17.1 Å². The second-order valence-corrected chi connectivity index (χ2v) is 10.7. The summed E-state index contributed by atoms with van der Waals surface area (Å²) in [6.45, 7) is 1.80. The van der Waals surface area contributed by atoms with Crippen LogP contribution in [0.15, 0.2) is 21.8 Å². The van der Waals surface area contributed by atoms with Gasteiger partial charge in [0, 0.05) is 28.3 Å². The number of aromatic nitrogens is 2. The van der Waals surface area contributed by atoms with E-state index in [1.165, 1.54) is 11.8 Å². The second kappa shape index (κ2) is 8.19. The van der Waals surface area contributed by atoms with Gasteiger partial charge in [-0.1, -0.05) is 6.92 Å². The Kier molecular flexibility index (Phi) is 5.07. The van der Waals surface area contributed by atoms with Gasteiger partial charge < -0.3 is 34.3 Å². The maximum atomic E-state index is 13.7. The molecule has 1 aromatic carbocycles. The molecule has 38 heavy (non-hydrogen) atoms. The summed E-state index contributed by atoms with van der Waals surface area (Å²) in [5.41, 5.74) is 1.36. The van der Waals surface area contributed by atoms with Crippen LogP contribution in [0.25, 0.3) is 22.3 Å². The summed E-state index contributed by atoms with van der Waals surface area (Å²) in [4.78, 5) is 44.3. The van der Waals surface area contributed by atoms with Crippen LogP contribution in [0.4, 0.5) is 0 Å². The Labute approximate surface area is 219 Å². The molecule has 11 nitrogen and oxygen atoms in total. The van der Waals surface area contributed by atoms with Crippen molar-refractivity contribution in [1.82, 2.24) is 14.9 Å². The SMILES string of the molecule is CC[C@@]1(O)C(=O)OCc2c1cc1n(c2=O)Cc2c-1nc1cc3c(c4c1c2[C@H](NC(=O)CO)CS4)OCCO3. The lowest BCUT2D eigenvalue weighted by atomic mass is 9.86. The summed E-state index contributed by atoms with van der Waals surface area (Å²) in [7, 11) is 0. The number of nitrogens with zero attached hydrogens (tertiary/aromatic N) is 2. The zero-order valence-electron chi connectivity index (χ0n) is 20.3. The molecule has 7 rings (SSSR count). The van der Waals surface area contributed by atoms with Crippen LogP contribution >= 0.6 is 11.8 Å². The second-order valence-electron chi connectivity index (χ2n) is 9.67. The highest BCUT2D eigenvalue weighted by molar-refractivity contribution is 7.99. The molecule has 0 fully saturated rings. The van der Waals surface area contributed by atoms with Crippen molar-refractivity contribution in [3.8, 4) is 22.9 Å². The molecule has 0 radical (unpaired) electrons. The third-order valence-electron chi connectivity index (χ3n) is 7.70. The van der Waals surface area contributed by atoms with E-state index in [1.807, 2.05) is 0 Å². The van der Waals surface area contributed by atoms with Gasteiger partial charge in [-0.2, -0.15) is 0 Å². The number of carbonyl (C=O) groups is 2. The molecule has 2 aromatic heterocycles. The Hall–Kier alpha value is -3.61. The molecule has 4 aliphatic heterocycles. The Balaban J connectivity index is 1.52. The molecule has 4 aliphatic rings. The summed E-state index contributed by atoms with van der Waals surface area (Å²) in [5, 5.41) is 24.3. The van der Waals surface area contributed by atoms with Gasteiger partial charge in [0.05, 0.1) is 40.0 Å². The molecule has 6 heterocycles. The summed E-state index contributed by atoms with van der Waals surface area (Å²) < 4.78 is 18.6. The number of thioether (sulfide) groups is 1. The Morgan fingerprint density at radius 3 is 2.84 bits per heavy atom. The van der Waals surface area contributed by atoms with E-state index in [9.17, 15) is 24.6 Å². The Morgan fingerprint density at radius 1 is 1.24 bits per heavy atom. The molecule has 2 atom stereocenters. The highest BCUT2D eigenvalue weighted by atomic mass is 32.2. The van der Waals surface area contributed by atoms with E-state index in [2.05, 4.69) is 5.32 Å². The van der Waals surface area contributed by atoms with Crippen LogP contribution in [0, 0.1) is 0 Å². The van der Waals surface area contributed by atoms with Crippen molar-refractivity contribution in [2.24, 2.45) is 0 Å². The zero-order chi connectivity index (χ0) is 26.3. The van der Waals surface area contributed by atoms with E-state index < -0.39 is 30.1 Å². The van der Waals surface area contributed by atoms with E-state index in [-0.39, 0.29) is 36.3 Å². The highest BCUT2D eigenvalue weighted by Gasteiger charge is 2.46. The number of amides is 1. The van der Waals surface area contributed by atoms with E-state index in [0.717, 1.165) is 21.4 Å². The first-order valence-electron chi connectivity index (χ1n) is 12.3. The molecule has 1 amide bonds. The van der Waals surface area contributed by atoms with E-state index in [1.54, 1.807) is 23.6 Å². The minimum atomic E-state index is -1.93. The number of rotatable bonds is 3. The van der Waals surface area contributed by atoms with Crippen LogP contribution in [0.3, 0.4) is 0 Å². The maximum absolute atomic E-state index is 13.7. The lowest BCUT2D eigenvalue weighted by Crippen LogP contribution is -2.44. The first-order valence-corrected chi connectivity index (χ1v) is 13.3. The molecular weight excluding hydrogens is 514 g/mol. The van der Waals surface area contributed by atoms with Gasteiger partial charge >= 0.3 is 5.97 Å². The quantitative estimate of drug-likeness (QED) is 0.325. The summed E-state index contributed by atoms with van der Waals surface area (Å²) in [6.07, 6.45) is 0.0459. The van der Waals surface area contributed by atoms with E-state index in [0.29, 0.717) is 47.4 Å². The molecule has 0 aliphatic carbocycles. The highest BCUT2D eigenvalue weighted by Crippen LogP contribution is 2.53. The first kappa shape index (κ1) is 23.5. The number of benzene rings is 1. The molecule has 0 saturated carbocycles. The van der Waals surface area contributed by atoms with Crippen LogP contribution in [0.5, 0.6) is 11.5 Å². The molecule has 0 spiro atoms. The molecule has 3 N–H and O–H groups in total.